The Bertz CT molecular complexity index is 3200. The SMILES string of the molecule is c1ccc(-c2nc(-c3ccccc3)nc(-c3cccc(-c4cccc(-c5cccc(-n6c7ccccc7c7c8sc9ccccc9c8ccc76)c5)c4)c3)n2)cc1. The van der Waals surface area contributed by atoms with E-state index >= 15 is 0 Å². The maximum atomic E-state index is 4.98. The lowest BCUT2D eigenvalue weighted by Crippen LogP contribution is -2.00. The third-order valence-corrected chi connectivity index (χ3v) is 11.8. The molecule has 0 amide bonds. The lowest BCUT2D eigenvalue weighted by Gasteiger charge is -2.12. The summed E-state index contributed by atoms with van der Waals surface area (Å²) in [6.07, 6.45) is 0. The molecule has 11 aromatic rings. The summed E-state index contributed by atoms with van der Waals surface area (Å²) in [5.74, 6) is 1.94. The zero-order chi connectivity index (χ0) is 37.0. The van der Waals surface area contributed by atoms with Gasteiger partial charge in [-0.3, -0.25) is 0 Å². The Kier molecular flexibility index (Phi) is 7.64. The zero-order valence-corrected chi connectivity index (χ0v) is 31.0. The van der Waals surface area contributed by atoms with E-state index in [0.29, 0.717) is 17.5 Å². The van der Waals surface area contributed by atoms with Gasteiger partial charge >= 0.3 is 0 Å². The second-order valence-electron chi connectivity index (χ2n) is 14.0. The van der Waals surface area contributed by atoms with E-state index in [2.05, 4.69) is 138 Å². The maximum absolute atomic E-state index is 4.98. The van der Waals surface area contributed by atoms with E-state index in [1.165, 1.54) is 42.0 Å². The molecule has 0 fully saturated rings. The number of fused-ring (bicyclic) bond motifs is 7. The number of nitrogens with zero attached hydrogens (tertiary/aromatic N) is 4. The molecule has 8 aromatic carbocycles. The minimum atomic E-state index is 0.641. The van der Waals surface area contributed by atoms with Gasteiger partial charge < -0.3 is 4.57 Å². The largest absolute Gasteiger partial charge is 0.309 e. The van der Waals surface area contributed by atoms with Crippen molar-refractivity contribution in [2.75, 3.05) is 0 Å². The van der Waals surface area contributed by atoms with Crippen LogP contribution in [0.25, 0.3) is 104 Å². The first-order chi connectivity index (χ1) is 27.7. The van der Waals surface area contributed by atoms with Crippen LogP contribution in [0.3, 0.4) is 0 Å². The second-order valence-corrected chi connectivity index (χ2v) is 15.1. The molecule has 0 aliphatic rings. The van der Waals surface area contributed by atoms with Crippen LogP contribution in [0, 0.1) is 0 Å². The number of aromatic nitrogens is 4. The van der Waals surface area contributed by atoms with Gasteiger partial charge in [-0.05, 0) is 64.7 Å². The molecular weight excluding hydrogens is 701 g/mol. The van der Waals surface area contributed by atoms with Crippen molar-refractivity contribution in [2.45, 2.75) is 0 Å². The predicted molar refractivity (Wildman–Crippen MR) is 234 cm³/mol. The van der Waals surface area contributed by atoms with E-state index in [0.717, 1.165) is 44.6 Å². The van der Waals surface area contributed by atoms with Crippen molar-refractivity contribution in [1.82, 2.24) is 19.5 Å². The molecule has 0 aliphatic carbocycles. The highest BCUT2D eigenvalue weighted by Gasteiger charge is 2.18. The smallest absolute Gasteiger partial charge is 0.164 e. The zero-order valence-electron chi connectivity index (χ0n) is 30.2. The standard InChI is InChI=1S/C51H32N4S/c1-3-14-33(15-4-1)49-52-50(34-16-5-2-6-17-34)54-51(53-49)39-22-12-20-37(31-39)35-18-11-19-36(30-35)38-21-13-23-40(32-38)55-44-26-9-7-25-43(44)47-45(55)29-28-42-41-24-8-10-27-46(41)56-48(42)47/h1-32H. The predicted octanol–water partition coefficient (Wildman–Crippen LogP) is 13.7. The molecule has 0 bridgehead atoms. The molecule has 11 rings (SSSR count). The van der Waals surface area contributed by atoms with Gasteiger partial charge in [0.05, 0.1) is 11.0 Å². The summed E-state index contributed by atoms with van der Waals surface area (Å²) in [4.78, 5) is 14.8. The molecule has 0 aliphatic heterocycles. The fraction of sp³-hybridized carbons (Fsp3) is 0. The molecule has 3 heterocycles. The van der Waals surface area contributed by atoms with Crippen LogP contribution in [0.2, 0.25) is 0 Å². The van der Waals surface area contributed by atoms with Crippen molar-refractivity contribution in [3.05, 3.63) is 194 Å². The highest BCUT2D eigenvalue weighted by molar-refractivity contribution is 7.26. The van der Waals surface area contributed by atoms with E-state index in [9.17, 15) is 0 Å². The monoisotopic (exact) mass is 732 g/mol. The highest BCUT2D eigenvalue weighted by Crippen LogP contribution is 2.43. The molecule has 0 atom stereocenters. The van der Waals surface area contributed by atoms with Crippen LogP contribution in [0.5, 0.6) is 0 Å². The quantitative estimate of drug-likeness (QED) is 0.171. The van der Waals surface area contributed by atoms with Gasteiger partial charge in [-0.2, -0.15) is 0 Å². The third-order valence-electron chi connectivity index (χ3n) is 10.6. The number of benzene rings is 8. The summed E-state index contributed by atoms with van der Waals surface area (Å²) in [7, 11) is 0. The van der Waals surface area contributed by atoms with Crippen molar-refractivity contribution >= 4 is 53.3 Å². The summed E-state index contributed by atoms with van der Waals surface area (Å²) < 4.78 is 5.09. The van der Waals surface area contributed by atoms with Crippen molar-refractivity contribution in [2.24, 2.45) is 0 Å². The minimum Gasteiger partial charge on any atom is -0.309 e. The van der Waals surface area contributed by atoms with Gasteiger partial charge in [-0.15, -0.1) is 11.3 Å². The van der Waals surface area contributed by atoms with Crippen LogP contribution in [-0.2, 0) is 0 Å². The van der Waals surface area contributed by atoms with Crippen LogP contribution in [0.1, 0.15) is 0 Å². The first-order valence-corrected chi connectivity index (χ1v) is 19.6. The molecule has 0 spiro atoms. The normalized spacial score (nSPS) is 11.6. The van der Waals surface area contributed by atoms with Gasteiger partial charge in [0.1, 0.15) is 0 Å². The van der Waals surface area contributed by atoms with Crippen molar-refractivity contribution < 1.29 is 0 Å². The number of hydrogen-bond donors (Lipinski definition) is 0. The Morgan fingerprint density at radius 1 is 0.339 bits per heavy atom. The molecule has 4 nitrogen and oxygen atoms in total. The van der Waals surface area contributed by atoms with Crippen LogP contribution in [-0.4, -0.2) is 19.5 Å². The van der Waals surface area contributed by atoms with E-state index in [-0.39, 0.29) is 0 Å². The lowest BCUT2D eigenvalue weighted by molar-refractivity contribution is 1.07. The summed E-state index contributed by atoms with van der Waals surface area (Å²) in [5, 5.41) is 5.23. The van der Waals surface area contributed by atoms with Gasteiger partial charge in [-0.1, -0.05) is 152 Å². The van der Waals surface area contributed by atoms with Gasteiger partial charge in [0.15, 0.2) is 17.5 Å². The molecule has 0 N–H and O–H groups in total. The Balaban J connectivity index is 0.995. The van der Waals surface area contributed by atoms with Crippen molar-refractivity contribution in [3.8, 4) is 62.1 Å². The highest BCUT2D eigenvalue weighted by atomic mass is 32.1. The van der Waals surface area contributed by atoms with Crippen LogP contribution in [0.4, 0.5) is 0 Å². The molecule has 0 unspecified atom stereocenters. The van der Waals surface area contributed by atoms with Gasteiger partial charge in [0.2, 0.25) is 0 Å². The maximum Gasteiger partial charge on any atom is 0.164 e. The number of hydrogen-bond acceptors (Lipinski definition) is 4. The molecule has 5 heteroatoms. The molecule has 3 aromatic heterocycles. The average Bonchev–Trinajstić information content (AvgIpc) is 3.83. The summed E-state index contributed by atoms with van der Waals surface area (Å²) in [6, 6.07) is 68.6. The third kappa shape index (κ3) is 5.48. The fourth-order valence-electron chi connectivity index (χ4n) is 7.99. The van der Waals surface area contributed by atoms with Crippen LogP contribution < -0.4 is 0 Å². The number of para-hydroxylation sites is 1. The Hall–Kier alpha value is -7.21. The minimum absolute atomic E-state index is 0.641. The van der Waals surface area contributed by atoms with Gasteiger partial charge in [0.25, 0.3) is 0 Å². The Morgan fingerprint density at radius 3 is 1.52 bits per heavy atom. The number of rotatable bonds is 6. The van der Waals surface area contributed by atoms with Crippen LogP contribution >= 0.6 is 11.3 Å². The molecular formula is C51H32N4S. The Labute approximate surface area is 327 Å². The molecule has 56 heavy (non-hydrogen) atoms. The lowest BCUT2D eigenvalue weighted by atomic mass is 9.97. The molecule has 262 valence electrons. The van der Waals surface area contributed by atoms with E-state index in [1.807, 2.05) is 72.0 Å². The fourth-order valence-corrected chi connectivity index (χ4v) is 9.25. The molecule has 0 saturated heterocycles. The first kappa shape index (κ1) is 32.2. The topological polar surface area (TPSA) is 43.6 Å². The summed E-state index contributed by atoms with van der Waals surface area (Å²) in [6.45, 7) is 0. The summed E-state index contributed by atoms with van der Waals surface area (Å²) in [5.41, 5.74) is 10.9. The van der Waals surface area contributed by atoms with Crippen molar-refractivity contribution in [3.63, 3.8) is 0 Å². The second kappa shape index (κ2) is 13.3. The van der Waals surface area contributed by atoms with Gasteiger partial charge in [-0.25, -0.2) is 15.0 Å². The summed E-state index contributed by atoms with van der Waals surface area (Å²) >= 11 is 1.89. The van der Waals surface area contributed by atoms with Crippen molar-refractivity contribution in [1.29, 1.82) is 0 Å². The first-order valence-electron chi connectivity index (χ1n) is 18.8. The number of thiophene rings is 1. The van der Waals surface area contributed by atoms with E-state index in [4.69, 9.17) is 15.0 Å². The Morgan fingerprint density at radius 2 is 0.839 bits per heavy atom. The molecule has 0 radical (unpaired) electrons. The molecule has 0 saturated carbocycles. The van der Waals surface area contributed by atoms with Gasteiger partial charge in [0, 0.05) is 53.3 Å². The van der Waals surface area contributed by atoms with E-state index in [1.54, 1.807) is 0 Å². The van der Waals surface area contributed by atoms with E-state index < -0.39 is 0 Å². The average molecular weight is 733 g/mol. The van der Waals surface area contributed by atoms with Crippen LogP contribution in [0.15, 0.2) is 194 Å².